The first-order chi connectivity index (χ1) is 8.66. The lowest BCUT2D eigenvalue weighted by Crippen LogP contribution is -2.41. The van der Waals surface area contributed by atoms with Gasteiger partial charge >= 0.3 is 0 Å². The van der Waals surface area contributed by atoms with E-state index in [-0.39, 0.29) is 0 Å². The number of ether oxygens (including phenoxy) is 1. The van der Waals surface area contributed by atoms with Gasteiger partial charge in [0.25, 0.3) is 0 Å². The topological polar surface area (TPSA) is 34.2 Å². The first-order valence-corrected chi connectivity index (χ1v) is 6.94. The summed E-state index contributed by atoms with van der Waals surface area (Å²) in [6.07, 6.45) is 6.38. The molecule has 3 atom stereocenters. The number of nitrogens with zero attached hydrogens (tertiary/aromatic N) is 1. The molecule has 3 heteroatoms. The molecule has 0 bridgehead atoms. The highest BCUT2D eigenvalue weighted by Crippen LogP contribution is 2.22. The third kappa shape index (κ3) is 3.53. The Hall–Kier alpha value is -0.930. The molecular weight excluding hydrogens is 224 g/mol. The molecule has 2 unspecified atom stereocenters. The molecule has 0 aromatic carbocycles. The highest BCUT2D eigenvalue weighted by Gasteiger charge is 2.25. The predicted molar refractivity (Wildman–Crippen MR) is 73.4 cm³/mol. The third-order valence-corrected chi connectivity index (χ3v) is 3.73. The van der Waals surface area contributed by atoms with Crippen molar-refractivity contribution in [1.29, 1.82) is 0 Å². The highest BCUT2D eigenvalue weighted by molar-refractivity contribution is 5.13. The summed E-state index contributed by atoms with van der Waals surface area (Å²) >= 11 is 0. The largest absolute Gasteiger partial charge is 0.378 e. The average Bonchev–Trinajstić information content (AvgIpc) is 2.40. The summed E-state index contributed by atoms with van der Waals surface area (Å²) in [5.41, 5.74) is 1.25. The van der Waals surface area contributed by atoms with Gasteiger partial charge in [-0.25, -0.2) is 0 Å². The van der Waals surface area contributed by atoms with Gasteiger partial charge in [-0.05, 0) is 37.3 Å². The molecule has 1 aromatic rings. The quantitative estimate of drug-likeness (QED) is 0.889. The van der Waals surface area contributed by atoms with Crippen molar-refractivity contribution < 1.29 is 4.74 Å². The number of hydrogen-bond acceptors (Lipinski definition) is 3. The molecule has 100 valence electrons. The van der Waals surface area contributed by atoms with Crippen LogP contribution >= 0.6 is 0 Å². The van der Waals surface area contributed by atoms with Crippen LogP contribution in [-0.2, 0) is 4.74 Å². The van der Waals surface area contributed by atoms with Crippen molar-refractivity contribution in [2.24, 2.45) is 5.92 Å². The maximum atomic E-state index is 5.80. The van der Waals surface area contributed by atoms with Crippen molar-refractivity contribution in [3.8, 4) is 0 Å². The Kier molecular flexibility index (Phi) is 4.72. The zero-order valence-corrected chi connectivity index (χ0v) is 11.6. The SMILES string of the molecule is CC(C)C1CC(N[C@H](C)c2cccnc2)CCO1. The van der Waals surface area contributed by atoms with Crippen LogP contribution in [0.3, 0.4) is 0 Å². The normalized spacial score (nSPS) is 26.2. The molecule has 0 saturated carbocycles. The van der Waals surface area contributed by atoms with Gasteiger partial charge in [0.15, 0.2) is 0 Å². The molecular formula is C15H24N2O. The molecule has 1 N–H and O–H groups in total. The van der Waals surface area contributed by atoms with E-state index in [0.29, 0.717) is 24.1 Å². The highest BCUT2D eigenvalue weighted by atomic mass is 16.5. The predicted octanol–water partition coefficient (Wildman–Crippen LogP) is 2.94. The van der Waals surface area contributed by atoms with Crippen LogP contribution in [0.5, 0.6) is 0 Å². The van der Waals surface area contributed by atoms with E-state index in [2.05, 4.69) is 37.1 Å². The molecule has 1 aliphatic rings. The van der Waals surface area contributed by atoms with E-state index >= 15 is 0 Å². The van der Waals surface area contributed by atoms with Crippen molar-refractivity contribution in [3.63, 3.8) is 0 Å². The van der Waals surface area contributed by atoms with Crippen LogP contribution in [0.2, 0.25) is 0 Å². The summed E-state index contributed by atoms with van der Waals surface area (Å²) in [6, 6.07) is 5.04. The Labute approximate surface area is 110 Å². The molecule has 0 amide bonds. The smallest absolute Gasteiger partial charge is 0.0612 e. The molecule has 3 nitrogen and oxygen atoms in total. The summed E-state index contributed by atoms with van der Waals surface area (Å²) < 4.78 is 5.80. The van der Waals surface area contributed by atoms with E-state index < -0.39 is 0 Å². The zero-order chi connectivity index (χ0) is 13.0. The van der Waals surface area contributed by atoms with Gasteiger partial charge in [0.05, 0.1) is 6.10 Å². The molecule has 18 heavy (non-hydrogen) atoms. The monoisotopic (exact) mass is 248 g/mol. The van der Waals surface area contributed by atoms with Crippen molar-refractivity contribution in [2.75, 3.05) is 6.61 Å². The minimum atomic E-state index is 0.356. The lowest BCUT2D eigenvalue weighted by atomic mass is 9.94. The van der Waals surface area contributed by atoms with Crippen molar-refractivity contribution in [3.05, 3.63) is 30.1 Å². The van der Waals surface area contributed by atoms with Crippen LogP contribution in [0.1, 0.15) is 45.2 Å². The van der Waals surface area contributed by atoms with Crippen LogP contribution in [0.15, 0.2) is 24.5 Å². The van der Waals surface area contributed by atoms with Gasteiger partial charge in [0, 0.05) is 31.1 Å². The summed E-state index contributed by atoms with van der Waals surface area (Å²) in [5.74, 6) is 0.600. The fourth-order valence-corrected chi connectivity index (χ4v) is 2.53. The second kappa shape index (κ2) is 6.30. The van der Waals surface area contributed by atoms with Crippen LogP contribution < -0.4 is 5.32 Å². The van der Waals surface area contributed by atoms with Gasteiger partial charge in [-0.2, -0.15) is 0 Å². The fraction of sp³-hybridized carbons (Fsp3) is 0.667. The molecule has 2 heterocycles. The number of hydrogen-bond donors (Lipinski definition) is 1. The third-order valence-electron chi connectivity index (χ3n) is 3.73. The first-order valence-electron chi connectivity index (χ1n) is 6.94. The number of rotatable bonds is 4. The van der Waals surface area contributed by atoms with E-state index in [0.717, 1.165) is 19.4 Å². The van der Waals surface area contributed by atoms with Gasteiger partial charge in [-0.15, -0.1) is 0 Å². The van der Waals surface area contributed by atoms with Gasteiger partial charge in [-0.3, -0.25) is 4.98 Å². The van der Waals surface area contributed by atoms with Gasteiger partial charge in [-0.1, -0.05) is 19.9 Å². The standard InChI is InChI=1S/C15H24N2O/c1-11(2)15-9-14(6-8-18-15)17-12(3)13-5-4-7-16-10-13/h4-5,7,10-12,14-15,17H,6,8-9H2,1-3H3/t12-,14?,15?/m1/s1. The Morgan fingerprint density at radius 1 is 1.39 bits per heavy atom. The molecule has 0 aliphatic carbocycles. The summed E-state index contributed by atoms with van der Waals surface area (Å²) in [7, 11) is 0. The number of pyridine rings is 1. The second-order valence-corrected chi connectivity index (χ2v) is 5.55. The molecule has 2 rings (SSSR count). The summed E-state index contributed by atoms with van der Waals surface area (Å²) in [5, 5.41) is 3.70. The lowest BCUT2D eigenvalue weighted by Gasteiger charge is -2.34. The maximum Gasteiger partial charge on any atom is 0.0612 e. The molecule has 0 spiro atoms. The molecule has 1 aromatic heterocycles. The van der Waals surface area contributed by atoms with Gasteiger partial charge in [0.2, 0.25) is 0 Å². The molecule has 1 fully saturated rings. The van der Waals surface area contributed by atoms with Crippen LogP contribution in [0, 0.1) is 5.92 Å². The van der Waals surface area contributed by atoms with E-state index in [1.807, 2.05) is 18.5 Å². The van der Waals surface area contributed by atoms with Gasteiger partial charge < -0.3 is 10.1 Å². The minimum absolute atomic E-state index is 0.356. The zero-order valence-electron chi connectivity index (χ0n) is 11.6. The fourth-order valence-electron chi connectivity index (χ4n) is 2.53. The summed E-state index contributed by atoms with van der Waals surface area (Å²) in [6.45, 7) is 7.55. The Morgan fingerprint density at radius 2 is 2.22 bits per heavy atom. The van der Waals surface area contributed by atoms with E-state index in [1.165, 1.54) is 5.56 Å². The number of nitrogens with one attached hydrogen (secondary N) is 1. The van der Waals surface area contributed by atoms with Crippen LogP contribution in [0.4, 0.5) is 0 Å². The van der Waals surface area contributed by atoms with Crippen LogP contribution in [0.25, 0.3) is 0 Å². The Bertz CT molecular complexity index is 353. The lowest BCUT2D eigenvalue weighted by molar-refractivity contribution is -0.0257. The van der Waals surface area contributed by atoms with E-state index in [1.54, 1.807) is 0 Å². The molecule has 1 aliphatic heterocycles. The summed E-state index contributed by atoms with van der Waals surface area (Å²) in [4.78, 5) is 4.18. The maximum absolute atomic E-state index is 5.80. The average molecular weight is 248 g/mol. The number of aromatic nitrogens is 1. The molecule has 1 saturated heterocycles. The Balaban J connectivity index is 1.89. The van der Waals surface area contributed by atoms with E-state index in [4.69, 9.17) is 4.74 Å². The van der Waals surface area contributed by atoms with Crippen molar-refractivity contribution in [1.82, 2.24) is 10.3 Å². The van der Waals surface area contributed by atoms with Crippen molar-refractivity contribution >= 4 is 0 Å². The minimum Gasteiger partial charge on any atom is -0.378 e. The first kappa shape index (κ1) is 13.5. The Morgan fingerprint density at radius 3 is 2.89 bits per heavy atom. The second-order valence-electron chi connectivity index (χ2n) is 5.55. The van der Waals surface area contributed by atoms with E-state index in [9.17, 15) is 0 Å². The van der Waals surface area contributed by atoms with Crippen LogP contribution in [-0.4, -0.2) is 23.7 Å². The van der Waals surface area contributed by atoms with Gasteiger partial charge in [0.1, 0.15) is 0 Å². The van der Waals surface area contributed by atoms with Crippen molar-refractivity contribution in [2.45, 2.75) is 51.8 Å². The molecule has 0 radical (unpaired) electrons.